The lowest BCUT2D eigenvalue weighted by Crippen LogP contribution is -2.09. The van der Waals surface area contributed by atoms with Gasteiger partial charge in [-0.1, -0.05) is 18.2 Å². The van der Waals surface area contributed by atoms with E-state index in [-0.39, 0.29) is 0 Å². The van der Waals surface area contributed by atoms with Gasteiger partial charge in [0, 0.05) is 18.3 Å². The maximum atomic E-state index is 9.01. The summed E-state index contributed by atoms with van der Waals surface area (Å²) >= 11 is 0. The highest BCUT2D eigenvalue weighted by atomic mass is 16.2. The van der Waals surface area contributed by atoms with Crippen LogP contribution in [0.15, 0.2) is 40.5 Å². The van der Waals surface area contributed by atoms with Crippen molar-refractivity contribution in [3.05, 3.63) is 36.1 Å². The van der Waals surface area contributed by atoms with E-state index in [9.17, 15) is 0 Å². The molecule has 4 heteroatoms. The predicted molar refractivity (Wildman–Crippen MR) is 69.3 cm³/mol. The van der Waals surface area contributed by atoms with E-state index < -0.39 is 0 Å². The molecule has 1 rings (SSSR count). The summed E-state index contributed by atoms with van der Waals surface area (Å²) in [5.41, 5.74) is 2.50. The molecule has 0 heterocycles. The summed E-state index contributed by atoms with van der Waals surface area (Å²) < 4.78 is 0. The van der Waals surface area contributed by atoms with E-state index in [2.05, 4.69) is 22.0 Å². The number of guanidine groups is 1. The zero-order valence-electron chi connectivity index (χ0n) is 9.44. The van der Waals surface area contributed by atoms with Crippen LogP contribution in [0.3, 0.4) is 0 Å². The molecule has 2 N–H and O–H groups in total. The third kappa shape index (κ3) is 2.70. The normalized spacial score (nSPS) is 12.4. The zero-order chi connectivity index (χ0) is 12.0. The average molecular weight is 217 g/mol. The van der Waals surface area contributed by atoms with Crippen molar-refractivity contribution in [2.75, 3.05) is 12.4 Å². The molecule has 16 heavy (non-hydrogen) atoms. The van der Waals surface area contributed by atoms with Crippen LogP contribution in [0.2, 0.25) is 0 Å². The second-order valence-electron chi connectivity index (χ2n) is 3.19. The van der Waals surface area contributed by atoms with Gasteiger partial charge in [-0.25, -0.2) is 4.99 Å². The first kappa shape index (κ1) is 12.0. The minimum Gasteiger partial charge on any atom is -0.515 e. The minimum absolute atomic E-state index is 0.443. The Morgan fingerprint density at radius 2 is 2.12 bits per heavy atom. The third-order valence-electron chi connectivity index (χ3n) is 2.15. The molecule has 0 radical (unpaired) electrons. The van der Waals surface area contributed by atoms with Crippen LogP contribution in [0.1, 0.15) is 12.5 Å². The topological polar surface area (TPSA) is 57.0 Å². The Balaban J connectivity index is 3.09. The van der Waals surface area contributed by atoms with Crippen molar-refractivity contribution in [1.29, 1.82) is 0 Å². The smallest absolute Gasteiger partial charge is 0.221 e. The largest absolute Gasteiger partial charge is 0.515 e. The molecule has 0 amide bonds. The highest BCUT2D eigenvalue weighted by Gasteiger charge is 2.04. The number of allylic oxidation sites excluding steroid dienone is 1. The highest BCUT2D eigenvalue weighted by Crippen LogP contribution is 2.22. The Hall–Kier alpha value is -2.10. The molecule has 0 unspecified atom stereocenters. The fourth-order valence-electron chi connectivity index (χ4n) is 1.29. The van der Waals surface area contributed by atoms with Gasteiger partial charge in [-0.3, -0.25) is 4.99 Å². The SMILES string of the molecule is C=NC(=NC)Nc1ccccc1/C(C)=C\O. The van der Waals surface area contributed by atoms with Gasteiger partial charge in [0.05, 0.1) is 6.26 Å². The van der Waals surface area contributed by atoms with Crippen LogP contribution in [0.4, 0.5) is 5.69 Å². The van der Waals surface area contributed by atoms with Crippen LogP contribution in [0.25, 0.3) is 5.57 Å². The Morgan fingerprint density at radius 1 is 1.44 bits per heavy atom. The van der Waals surface area contributed by atoms with Gasteiger partial charge in [-0.15, -0.1) is 0 Å². The molecular formula is C12H15N3O. The summed E-state index contributed by atoms with van der Waals surface area (Å²) in [5.74, 6) is 0.443. The van der Waals surface area contributed by atoms with E-state index in [0.717, 1.165) is 23.1 Å². The number of nitrogens with one attached hydrogen (secondary N) is 1. The van der Waals surface area contributed by atoms with Crippen LogP contribution in [-0.4, -0.2) is 24.8 Å². The Morgan fingerprint density at radius 3 is 2.69 bits per heavy atom. The van der Waals surface area contributed by atoms with E-state index in [1.54, 1.807) is 7.05 Å². The van der Waals surface area contributed by atoms with Crippen molar-refractivity contribution < 1.29 is 5.11 Å². The fourth-order valence-corrected chi connectivity index (χ4v) is 1.29. The first-order valence-corrected chi connectivity index (χ1v) is 4.83. The van der Waals surface area contributed by atoms with Crippen molar-refractivity contribution in [1.82, 2.24) is 0 Å². The Kier molecular flexibility index (Phi) is 4.27. The second kappa shape index (κ2) is 5.70. The number of nitrogens with zero attached hydrogens (tertiary/aromatic N) is 2. The molecule has 0 atom stereocenters. The first-order valence-electron chi connectivity index (χ1n) is 4.83. The van der Waals surface area contributed by atoms with Crippen molar-refractivity contribution in [3.63, 3.8) is 0 Å². The molecule has 0 saturated heterocycles. The van der Waals surface area contributed by atoms with Crippen LogP contribution in [0, 0.1) is 0 Å². The number of para-hydroxylation sites is 1. The van der Waals surface area contributed by atoms with Crippen LogP contribution in [0.5, 0.6) is 0 Å². The highest BCUT2D eigenvalue weighted by molar-refractivity contribution is 5.98. The van der Waals surface area contributed by atoms with E-state index in [1.165, 1.54) is 0 Å². The fraction of sp³-hybridized carbons (Fsp3) is 0.167. The maximum absolute atomic E-state index is 9.01. The zero-order valence-corrected chi connectivity index (χ0v) is 9.44. The van der Waals surface area contributed by atoms with Gasteiger partial charge in [0.25, 0.3) is 0 Å². The van der Waals surface area contributed by atoms with Crippen molar-refractivity contribution >= 4 is 23.9 Å². The Bertz CT molecular complexity index is 436. The molecule has 0 saturated carbocycles. The molecular weight excluding hydrogens is 202 g/mol. The summed E-state index contributed by atoms with van der Waals surface area (Å²) in [7, 11) is 1.63. The molecule has 0 aliphatic rings. The van der Waals surface area contributed by atoms with E-state index in [1.807, 2.05) is 31.2 Å². The summed E-state index contributed by atoms with van der Waals surface area (Å²) in [5, 5.41) is 12.0. The molecule has 0 aliphatic heterocycles. The molecule has 0 bridgehead atoms. The van der Waals surface area contributed by atoms with Crippen LogP contribution < -0.4 is 5.32 Å². The monoisotopic (exact) mass is 217 g/mol. The van der Waals surface area contributed by atoms with E-state index in [4.69, 9.17) is 5.11 Å². The standard InChI is InChI=1S/C12H15N3O/c1-9(8-16)10-6-4-5-7-11(10)15-12(13-2)14-3/h4-8,16H,2H2,1,3H3,(H,14,15)/b9-8-. The molecule has 4 nitrogen and oxygen atoms in total. The molecule has 1 aromatic rings. The van der Waals surface area contributed by atoms with Crippen molar-refractivity contribution in [2.24, 2.45) is 9.98 Å². The quantitative estimate of drug-likeness (QED) is 0.454. The van der Waals surface area contributed by atoms with Crippen LogP contribution >= 0.6 is 0 Å². The number of aliphatic hydroxyl groups is 1. The van der Waals surface area contributed by atoms with E-state index >= 15 is 0 Å². The van der Waals surface area contributed by atoms with Gasteiger partial charge < -0.3 is 10.4 Å². The second-order valence-corrected chi connectivity index (χ2v) is 3.19. The number of aliphatic hydroxyl groups excluding tert-OH is 1. The molecule has 0 spiro atoms. The van der Waals surface area contributed by atoms with Crippen LogP contribution in [-0.2, 0) is 0 Å². The van der Waals surface area contributed by atoms with Gasteiger partial charge >= 0.3 is 0 Å². The van der Waals surface area contributed by atoms with Crippen molar-refractivity contribution in [3.8, 4) is 0 Å². The molecule has 0 fully saturated rings. The molecule has 84 valence electrons. The summed E-state index contributed by atoms with van der Waals surface area (Å²) in [6.45, 7) is 5.24. The van der Waals surface area contributed by atoms with Gasteiger partial charge in [0.15, 0.2) is 0 Å². The summed E-state index contributed by atoms with van der Waals surface area (Å²) in [4.78, 5) is 7.66. The summed E-state index contributed by atoms with van der Waals surface area (Å²) in [6, 6.07) is 7.59. The molecule has 1 aromatic carbocycles. The van der Waals surface area contributed by atoms with Gasteiger partial charge in [0.1, 0.15) is 0 Å². The van der Waals surface area contributed by atoms with Gasteiger partial charge in [-0.2, -0.15) is 0 Å². The number of anilines is 1. The van der Waals surface area contributed by atoms with Crippen molar-refractivity contribution in [2.45, 2.75) is 6.92 Å². The first-order chi connectivity index (χ1) is 7.72. The van der Waals surface area contributed by atoms with E-state index in [0.29, 0.717) is 5.96 Å². The predicted octanol–water partition coefficient (Wildman–Crippen LogP) is 2.70. The lowest BCUT2D eigenvalue weighted by atomic mass is 10.1. The lowest BCUT2D eigenvalue weighted by molar-refractivity contribution is 0.475. The minimum atomic E-state index is 0.443. The number of benzene rings is 1. The number of hydrogen-bond acceptors (Lipinski definition) is 2. The number of hydrogen-bond donors (Lipinski definition) is 2. The number of aliphatic imine (C=N–C) groups is 2. The maximum Gasteiger partial charge on any atom is 0.221 e. The summed E-state index contributed by atoms with van der Waals surface area (Å²) in [6.07, 6.45) is 1.07. The average Bonchev–Trinajstić information content (AvgIpc) is 2.35. The van der Waals surface area contributed by atoms with Gasteiger partial charge in [0.2, 0.25) is 5.96 Å². The third-order valence-corrected chi connectivity index (χ3v) is 2.15. The Labute approximate surface area is 95.1 Å². The lowest BCUT2D eigenvalue weighted by Gasteiger charge is -2.10. The van der Waals surface area contributed by atoms with Gasteiger partial charge in [-0.05, 0) is 25.3 Å². The number of rotatable bonds is 2. The molecule has 0 aliphatic carbocycles. The molecule has 0 aromatic heterocycles.